The van der Waals surface area contributed by atoms with Crippen molar-refractivity contribution in [1.82, 2.24) is 5.06 Å². The first-order valence-corrected chi connectivity index (χ1v) is 9.18. The molecule has 2 heterocycles. The Hall–Kier alpha value is -1.76. The smallest absolute Gasteiger partial charge is 0.155 e. The van der Waals surface area contributed by atoms with E-state index in [4.69, 9.17) is 14.3 Å². The zero-order chi connectivity index (χ0) is 17.9. The molecule has 138 valence electrons. The minimum atomic E-state index is -0.660. The van der Waals surface area contributed by atoms with E-state index in [-0.39, 0.29) is 31.1 Å². The normalized spacial score (nSPS) is 32.6. The van der Waals surface area contributed by atoms with Crippen LogP contribution in [0.2, 0.25) is 0 Å². The summed E-state index contributed by atoms with van der Waals surface area (Å²) in [5, 5.41) is 12.4. The van der Waals surface area contributed by atoms with Crippen LogP contribution in [0.1, 0.15) is 30.6 Å². The minimum Gasteiger partial charge on any atom is -0.388 e. The lowest BCUT2D eigenvalue weighted by Gasteiger charge is -2.38. The first-order valence-electron chi connectivity index (χ1n) is 9.18. The molecule has 5 heteroatoms. The molecule has 26 heavy (non-hydrogen) atoms. The maximum Gasteiger partial charge on any atom is 0.155 e. The number of ether oxygens (including phenoxy) is 2. The molecule has 5 nitrogen and oxygen atoms in total. The molecule has 2 fully saturated rings. The van der Waals surface area contributed by atoms with Gasteiger partial charge in [0.05, 0.1) is 12.6 Å². The maximum absolute atomic E-state index is 10.5. The second kappa shape index (κ2) is 7.86. The molecule has 4 rings (SSSR count). The Morgan fingerprint density at radius 2 is 1.73 bits per heavy atom. The van der Waals surface area contributed by atoms with E-state index in [2.05, 4.69) is 24.3 Å². The molecule has 5 atom stereocenters. The van der Waals surface area contributed by atoms with E-state index in [9.17, 15) is 5.11 Å². The molecule has 0 amide bonds. The summed E-state index contributed by atoms with van der Waals surface area (Å²) in [5.41, 5.74) is 2.31. The zero-order valence-corrected chi connectivity index (χ0v) is 14.9. The fraction of sp³-hybridized carbons (Fsp3) is 0.429. The van der Waals surface area contributed by atoms with Gasteiger partial charge in [-0.15, -0.1) is 0 Å². The molecule has 2 saturated heterocycles. The quantitative estimate of drug-likeness (QED) is 0.914. The van der Waals surface area contributed by atoms with Crippen molar-refractivity contribution in [2.24, 2.45) is 0 Å². The average molecular weight is 355 g/mol. The number of nitrogens with zero attached hydrogens (tertiary/aromatic N) is 1. The van der Waals surface area contributed by atoms with Crippen molar-refractivity contribution < 1.29 is 19.4 Å². The number of hydrogen-bond donors (Lipinski definition) is 1. The van der Waals surface area contributed by atoms with Crippen molar-refractivity contribution >= 4 is 0 Å². The minimum absolute atomic E-state index is 0.0400. The van der Waals surface area contributed by atoms with Crippen LogP contribution in [0.25, 0.3) is 0 Å². The third-order valence-corrected chi connectivity index (χ3v) is 5.05. The highest BCUT2D eigenvalue weighted by atomic mass is 16.7. The molecule has 0 unspecified atom stereocenters. The molecule has 2 aliphatic rings. The third kappa shape index (κ3) is 3.82. The summed E-state index contributed by atoms with van der Waals surface area (Å²) in [5.74, 6) is 0. The molecule has 0 saturated carbocycles. The molecule has 0 aromatic heterocycles. The van der Waals surface area contributed by atoms with Gasteiger partial charge in [0.25, 0.3) is 0 Å². The van der Waals surface area contributed by atoms with Gasteiger partial charge >= 0.3 is 0 Å². The molecule has 2 aromatic rings. The Morgan fingerprint density at radius 3 is 2.46 bits per heavy atom. The SMILES string of the molecule is C[C@@H]1OC[C@@H](O)[C@H]([C@@H]2C[C@H](c3ccccc3)ON2Cc2ccccc2)O1. The van der Waals surface area contributed by atoms with Gasteiger partial charge in [0.15, 0.2) is 6.29 Å². The topological polar surface area (TPSA) is 51.2 Å². The Bertz CT molecular complexity index is 696. The third-order valence-electron chi connectivity index (χ3n) is 5.05. The van der Waals surface area contributed by atoms with Crippen LogP contribution < -0.4 is 0 Å². The number of rotatable bonds is 4. The van der Waals surface area contributed by atoms with E-state index >= 15 is 0 Å². The van der Waals surface area contributed by atoms with Gasteiger partial charge in [0.2, 0.25) is 0 Å². The number of aliphatic hydroxyl groups excluding tert-OH is 1. The van der Waals surface area contributed by atoms with E-state index < -0.39 is 6.10 Å². The lowest BCUT2D eigenvalue weighted by atomic mass is 9.96. The predicted octanol–water partition coefficient (Wildman–Crippen LogP) is 3.06. The van der Waals surface area contributed by atoms with Gasteiger partial charge in [-0.2, -0.15) is 5.06 Å². The van der Waals surface area contributed by atoms with E-state index in [1.807, 2.05) is 48.4 Å². The number of aliphatic hydroxyl groups is 1. The molecular weight excluding hydrogens is 330 g/mol. The van der Waals surface area contributed by atoms with Crippen molar-refractivity contribution in [2.75, 3.05) is 6.61 Å². The summed E-state index contributed by atoms with van der Waals surface area (Å²) in [6.45, 7) is 2.80. The van der Waals surface area contributed by atoms with Gasteiger partial charge < -0.3 is 14.6 Å². The van der Waals surface area contributed by atoms with Gasteiger partial charge in [-0.1, -0.05) is 60.7 Å². The number of hydroxylamine groups is 2. The highest BCUT2D eigenvalue weighted by molar-refractivity contribution is 5.19. The van der Waals surface area contributed by atoms with Gasteiger partial charge in [-0.05, 0) is 18.1 Å². The van der Waals surface area contributed by atoms with E-state index in [0.29, 0.717) is 6.54 Å². The van der Waals surface area contributed by atoms with Gasteiger partial charge in [0, 0.05) is 13.0 Å². The van der Waals surface area contributed by atoms with Gasteiger partial charge in [0.1, 0.15) is 18.3 Å². The molecule has 2 aliphatic heterocycles. The van der Waals surface area contributed by atoms with E-state index in [0.717, 1.165) is 12.0 Å². The van der Waals surface area contributed by atoms with Crippen LogP contribution in [-0.2, 0) is 20.9 Å². The monoisotopic (exact) mass is 355 g/mol. The van der Waals surface area contributed by atoms with Crippen molar-refractivity contribution in [1.29, 1.82) is 0 Å². The second-order valence-corrected chi connectivity index (χ2v) is 6.94. The summed E-state index contributed by atoms with van der Waals surface area (Å²) in [6, 6.07) is 20.4. The zero-order valence-electron chi connectivity index (χ0n) is 14.9. The van der Waals surface area contributed by atoms with E-state index in [1.165, 1.54) is 5.56 Å². The lowest BCUT2D eigenvalue weighted by Crippen LogP contribution is -2.52. The molecular formula is C21H25NO4. The first kappa shape index (κ1) is 17.6. The van der Waals surface area contributed by atoms with Crippen LogP contribution in [-0.4, -0.2) is 41.3 Å². The summed E-state index contributed by atoms with van der Waals surface area (Å²) in [4.78, 5) is 6.30. The van der Waals surface area contributed by atoms with Crippen LogP contribution in [0.15, 0.2) is 60.7 Å². The Balaban J connectivity index is 1.57. The highest BCUT2D eigenvalue weighted by Gasteiger charge is 2.44. The maximum atomic E-state index is 10.5. The second-order valence-electron chi connectivity index (χ2n) is 6.94. The molecule has 2 aromatic carbocycles. The molecule has 0 bridgehead atoms. The largest absolute Gasteiger partial charge is 0.388 e. The van der Waals surface area contributed by atoms with E-state index in [1.54, 1.807) is 0 Å². The molecule has 0 spiro atoms. The van der Waals surface area contributed by atoms with Gasteiger partial charge in [-0.25, -0.2) is 0 Å². The highest BCUT2D eigenvalue weighted by Crippen LogP contribution is 2.38. The summed E-state index contributed by atoms with van der Waals surface area (Å²) in [6.07, 6.45) is -0.592. The number of hydrogen-bond acceptors (Lipinski definition) is 5. The summed E-state index contributed by atoms with van der Waals surface area (Å²) >= 11 is 0. The van der Waals surface area contributed by atoms with Crippen molar-refractivity contribution in [2.45, 2.75) is 50.5 Å². The standard InChI is InChI=1S/C21H25NO4/c1-15-24-14-19(23)21(25-15)18-12-20(17-10-6-3-7-11-17)26-22(18)13-16-8-4-2-5-9-16/h2-11,15,18-21,23H,12-14H2,1H3/t15-,18+,19-,20-,21+/m1/s1. The van der Waals surface area contributed by atoms with Crippen LogP contribution in [0.3, 0.4) is 0 Å². The Labute approximate surface area is 154 Å². The van der Waals surface area contributed by atoms with Crippen molar-refractivity contribution in [3.8, 4) is 0 Å². The van der Waals surface area contributed by atoms with Crippen LogP contribution in [0.4, 0.5) is 0 Å². The molecule has 0 radical (unpaired) electrons. The molecule has 0 aliphatic carbocycles. The lowest BCUT2D eigenvalue weighted by molar-refractivity contribution is -0.274. The van der Waals surface area contributed by atoms with Crippen molar-refractivity contribution in [3.63, 3.8) is 0 Å². The van der Waals surface area contributed by atoms with Crippen molar-refractivity contribution in [3.05, 3.63) is 71.8 Å². The van der Waals surface area contributed by atoms with Crippen LogP contribution in [0, 0.1) is 0 Å². The summed E-state index contributed by atoms with van der Waals surface area (Å²) in [7, 11) is 0. The Morgan fingerprint density at radius 1 is 1.04 bits per heavy atom. The first-order chi connectivity index (χ1) is 12.7. The fourth-order valence-electron chi connectivity index (χ4n) is 3.73. The molecule has 1 N–H and O–H groups in total. The summed E-state index contributed by atoms with van der Waals surface area (Å²) < 4.78 is 11.4. The predicted molar refractivity (Wildman–Crippen MR) is 97.0 cm³/mol. The van der Waals surface area contributed by atoms with Crippen LogP contribution in [0.5, 0.6) is 0 Å². The van der Waals surface area contributed by atoms with Gasteiger partial charge in [-0.3, -0.25) is 4.84 Å². The fourth-order valence-corrected chi connectivity index (χ4v) is 3.73. The van der Waals surface area contributed by atoms with Crippen LogP contribution >= 0.6 is 0 Å². The Kier molecular flexibility index (Phi) is 5.33. The number of benzene rings is 2. The average Bonchev–Trinajstić information content (AvgIpc) is 3.09.